The Labute approximate surface area is 118 Å². The Morgan fingerprint density at radius 1 is 1.35 bits per heavy atom. The molecule has 3 rings (SSSR count). The molecule has 2 fully saturated rings. The number of carbonyl (C=O) groups is 1. The van der Waals surface area contributed by atoms with Crippen molar-refractivity contribution in [2.45, 2.75) is 38.3 Å². The lowest BCUT2D eigenvalue weighted by Gasteiger charge is -2.36. The fraction of sp³-hybridized carbons (Fsp3) is 0.714. The first-order valence-electron chi connectivity index (χ1n) is 7.28. The van der Waals surface area contributed by atoms with E-state index in [9.17, 15) is 9.90 Å². The van der Waals surface area contributed by atoms with Crippen LogP contribution in [-0.4, -0.2) is 64.3 Å². The minimum Gasteiger partial charge on any atom is -0.392 e. The molecule has 2 saturated heterocycles. The SMILES string of the molecule is Cc1cc(C(=O)N2CCC(N3CC[C@@H](O)C3)CC2)no1. The summed E-state index contributed by atoms with van der Waals surface area (Å²) in [4.78, 5) is 16.4. The van der Waals surface area contributed by atoms with Crippen LogP contribution in [-0.2, 0) is 0 Å². The van der Waals surface area contributed by atoms with E-state index < -0.39 is 0 Å². The normalized spacial score (nSPS) is 25.3. The second kappa shape index (κ2) is 5.54. The highest BCUT2D eigenvalue weighted by molar-refractivity contribution is 5.92. The molecule has 20 heavy (non-hydrogen) atoms. The molecular formula is C14H21N3O3. The highest BCUT2D eigenvalue weighted by Gasteiger charge is 2.31. The van der Waals surface area contributed by atoms with Crippen LogP contribution < -0.4 is 0 Å². The molecule has 110 valence electrons. The van der Waals surface area contributed by atoms with Gasteiger partial charge in [-0.1, -0.05) is 5.16 Å². The maximum atomic E-state index is 12.2. The Kier molecular flexibility index (Phi) is 3.76. The molecule has 6 heteroatoms. The van der Waals surface area contributed by atoms with Crippen molar-refractivity contribution in [1.82, 2.24) is 15.0 Å². The van der Waals surface area contributed by atoms with Crippen molar-refractivity contribution >= 4 is 5.91 Å². The van der Waals surface area contributed by atoms with Gasteiger partial charge in [0, 0.05) is 38.3 Å². The number of hydrogen-bond acceptors (Lipinski definition) is 5. The largest absolute Gasteiger partial charge is 0.392 e. The first kappa shape index (κ1) is 13.6. The van der Waals surface area contributed by atoms with Crippen LogP contribution in [0.4, 0.5) is 0 Å². The summed E-state index contributed by atoms with van der Waals surface area (Å²) in [5.74, 6) is 0.621. The number of amides is 1. The monoisotopic (exact) mass is 279 g/mol. The summed E-state index contributed by atoms with van der Waals surface area (Å²) < 4.78 is 4.96. The third-order valence-electron chi connectivity index (χ3n) is 4.31. The lowest BCUT2D eigenvalue weighted by molar-refractivity contribution is 0.0618. The van der Waals surface area contributed by atoms with E-state index in [0.717, 1.165) is 45.4 Å². The van der Waals surface area contributed by atoms with Crippen molar-refractivity contribution in [2.24, 2.45) is 0 Å². The fourth-order valence-corrected chi connectivity index (χ4v) is 3.16. The van der Waals surface area contributed by atoms with Crippen molar-refractivity contribution in [3.8, 4) is 0 Å². The minimum absolute atomic E-state index is 0.0400. The van der Waals surface area contributed by atoms with Crippen molar-refractivity contribution in [3.63, 3.8) is 0 Å². The van der Waals surface area contributed by atoms with Crippen LogP contribution in [0.15, 0.2) is 10.6 Å². The number of β-amino-alcohol motifs (C(OH)–C–C–N with tert-alkyl or cyclic N) is 1. The standard InChI is InChI=1S/C14H21N3O3/c1-10-8-13(15-20-10)14(19)16-5-2-11(3-6-16)17-7-4-12(18)9-17/h8,11-12,18H,2-7,9H2,1H3/t12-/m1/s1. The topological polar surface area (TPSA) is 69.8 Å². The van der Waals surface area contributed by atoms with E-state index in [0.29, 0.717) is 17.5 Å². The van der Waals surface area contributed by atoms with E-state index >= 15 is 0 Å². The Morgan fingerprint density at radius 2 is 2.10 bits per heavy atom. The van der Waals surface area contributed by atoms with Gasteiger partial charge in [-0.25, -0.2) is 0 Å². The van der Waals surface area contributed by atoms with Gasteiger partial charge < -0.3 is 14.5 Å². The second-order valence-electron chi connectivity index (χ2n) is 5.78. The molecule has 0 saturated carbocycles. The number of rotatable bonds is 2. The number of aromatic nitrogens is 1. The van der Waals surface area contributed by atoms with E-state index in [1.165, 1.54) is 0 Å². The van der Waals surface area contributed by atoms with Gasteiger partial charge in [0.15, 0.2) is 5.69 Å². The van der Waals surface area contributed by atoms with Crippen LogP contribution in [0.25, 0.3) is 0 Å². The first-order chi connectivity index (χ1) is 9.63. The number of aryl methyl sites for hydroxylation is 1. The molecule has 0 aliphatic carbocycles. The molecule has 1 N–H and O–H groups in total. The van der Waals surface area contributed by atoms with Crippen molar-refractivity contribution in [3.05, 3.63) is 17.5 Å². The van der Waals surface area contributed by atoms with Gasteiger partial charge in [0.2, 0.25) is 0 Å². The summed E-state index contributed by atoms with van der Waals surface area (Å²) in [6.45, 7) is 5.04. The van der Waals surface area contributed by atoms with Gasteiger partial charge in [0.05, 0.1) is 6.10 Å². The van der Waals surface area contributed by atoms with Crippen LogP contribution in [0.1, 0.15) is 35.5 Å². The summed E-state index contributed by atoms with van der Waals surface area (Å²) in [5, 5.41) is 13.4. The summed E-state index contributed by atoms with van der Waals surface area (Å²) >= 11 is 0. The zero-order chi connectivity index (χ0) is 14.1. The number of piperidine rings is 1. The summed E-state index contributed by atoms with van der Waals surface area (Å²) in [6.07, 6.45) is 2.63. The molecule has 0 spiro atoms. The molecular weight excluding hydrogens is 258 g/mol. The number of aliphatic hydroxyl groups is 1. The zero-order valence-electron chi connectivity index (χ0n) is 11.8. The van der Waals surface area contributed by atoms with E-state index in [4.69, 9.17) is 4.52 Å². The molecule has 1 aromatic heterocycles. The predicted octanol–water partition coefficient (Wildman–Crippen LogP) is 0.654. The van der Waals surface area contributed by atoms with E-state index in [1.54, 1.807) is 13.0 Å². The molecule has 6 nitrogen and oxygen atoms in total. The average Bonchev–Trinajstić information content (AvgIpc) is 3.07. The molecule has 1 aromatic rings. The summed E-state index contributed by atoms with van der Waals surface area (Å²) in [6, 6.07) is 2.18. The average molecular weight is 279 g/mol. The highest BCUT2D eigenvalue weighted by Crippen LogP contribution is 2.22. The van der Waals surface area contributed by atoms with Gasteiger partial charge in [0.1, 0.15) is 5.76 Å². The van der Waals surface area contributed by atoms with Gasteiger partial charge in [-0.2, -0.15) is 0 Å². The molecule has 0 radical (unpaired) electrons. The molecule has 0 aromatic carbocycles. The van der Waals surface area contributed by atoms with Crippen LogP contribution in [0.5, 0.6) is 0 Å². The Bertz CT molecular complexity index is 480. The molecule has 0 unspecified atom stereocenters. The molecule has 2 aliphatic rings. The third-order valence-corrected chi connectivity index (χ3v) is 4.31. The maximum Gasteiger partial charge on any atom is 0.276 e. The number of likely N-dealkylation sites (tertiary alicyclic amines) is 2. The van der Waals surface area contributed by atoms with Crippen molar-refractivity contribution in [2.75, 3.05) is 26.2 Å². The molecule has 2 aliphatic heterocycles. The highest BCUT2D eigenvalue weighted by atomic mass is 16.5. The fourth-order valence-electron chi connectivity index (χ4n) is 3.16. The van der Waals surface area contributed by atoms with Gasteiger partial charge in [-0.3, -0.25) is 9.69 Å². The third kappa shape index (κ3) is 2.71. The number of nitrogens with zero attached hydrogens (tertiary/aromatic N) is 3. The van der Waals surface area contributed by atoms with Gasteiger partial charge >= 0.3 is 0 Å². The van der Waals surface area contributed by atoms with E-state index in [2.05, 4.69) is 10.1 Å². The summed E-state index contributed by atoms with van der Waals surface area (Å²) in [5.41, 5.74) is 0.401. The first-order valence-corrected chi connectivity index (χ1v) is 7.28. The van der Waals surface area contributed by atoms with Crippen molar-refractivity contribution in [1.29, 1.82) is 0 Å². The second-order valence-corrected chi connectivity index (χ2v) is 5.78. The van der Waals surface area contributed by atoms with E-state index in [-0.39, 0.29) is 12.0 Å². The van der Waals surface area contributed by atoms with Crippen LogP contribution >= 0.6 is 0 Å². The number of aliphatic hydroxyl groups excluding tert-OH is 1. The van der Waals surface area contributed by atoms with Crippen molar-refractivity contribution < 1.29 is 14.4 Å². The van der Waals surface area contributed by atoms with Crippen LogP contribution in [0.2, 0.25) is 0 Å². The van der Waals surface area contributed by atoms with Gasteiger partial charge in [0.25, 0.3) is 5.91 Å². The Hall–Kier alpha value is -1.40. The van der Waals surface area contributed by atoms with E-state index in [1.807, 2.05) is 4.90 Å². The number of carbonyl (C=O) groups excluding carboxylic acids is 1. The summed E-state index contributed by atoms with van der Waals surface area (Å²) in [7, 11) is 0. The predicted molar refractivity (Wildman–Crippen MR) is 72.4 cm³/mol. The lowest BCUT2D eigenvalue weighted by Crippen LogP contribution is -2.46. The quantitative estimate of drug-likeness (QED) is 0.861. The molecule has 3 heterocycles. The zero-order valence-corrected chi connectivity index (χ0v) is 11.8. The lowest BCUT2D eigenvalue weighted by atomic mass is 10.0. The molecule has 0 bridgehead atoms. The van der Waals surface area contributed by atoms with Gasteiger partial charge in [-0.05, 0) is 26.2 Å². The maximum absolute atomic E-state index is 12.2. The van der Waals surface area contributed by atoms with Crippen LogP contribution in [0, 0.1) is 6.92 Å². The smallest absolute Gasteiger partial charge is 0.276 e. The van der Waals surface area contributed by atoms with Crippen LogP contribution in [0.3, 0.4) is 0 Å². The number of hydrogen-bond donors (Lipinski definition) is 1. The van der Waals surface area contributed by atoms with Gasteiger partial charge in [-0.15, -0.1) is 0 Å². The Balaban J connectivity index is 1.54. The molecule has 1 amide bonds. The minimum atomic E-state index is -0.173. The Morgan fingerprint density at radius 3 is 2.65 bits per heavy atom. The molecule has 1 atom stereocenters.